The zero-order chi connectivity index (χ0) is 13.2. The molecule has 0 spiro atoms. The second-order valence-electron chi connectivity index (χ2n) is 4.62. The van der Waals surface area contributed by atoms with Crippen molar-refractivity contribution in [2.24, 2.45) is 0 Å². The Labute approximate surface area is 112 Å². The van der Waals surface area contributed by atoms with Gasteiger partial charge in [0.25, 0.3) is 0 Å². The molecule has 0 N–H and O–H groups in total. The Morgan fingerprint density at radius 3 is 2.37 bits per heavy atom. The fraction of sp³-hybridized carbons (Fsp3) is 0.118. The Bertz CT molecular complexity index is 717. The van der Waals surface area contributed by atoms with Crippen LogP contribution in [0.4, 0.5) is 0 Å². The average molecular weight is 249 g/mol. The predicted octanol–water partition coefficient (Wildman–Crippen LogP) is 3.70. The first-order valence-electron chi connectivity index (χ1n) is 6.50. The Hall–Kier alpha value is -2.35. The number of hydrogen-bond donors (Lipinski definition) is 0. The molecular formula is C17H15NO. The Balaban J connectivity index is 2.16. The average Bonchev–Trinajstić information content (AvgIpc) is 2.48. The molecule has 0 saturated heterocycles. The summed E-state index contributed by atoms with van der Waals surface area (Å²) < 4.78 is 1.01. The van der Waals surface area contributed by atoms with Crippen LogP contribution < -0.4 is 4.73 Å². The maximum Gasteiger partial charge on any atom is 0.224 e. The monoisotopic (exact) mass is 249 g/mol. The molecule has 0 aliphatic rings. The minimum Gasteiger partial charge on any atom is -0.618 e. The number of para-hydroxylation sites is 1. The number of aromatic nitrogens is 1. The quantitative estimate of drug-likeness (QED) is 0.502. The van der Waals surface area contributed by atoms with E-state index < -0.39 is 0 Å². The van der Waals surface area contributed by atoms with Crippen LogP contribution in [0.2, 0.25) is 0 Å². The fourth-order valence-corrected chi connectivity index (χ4v) is 2.30. The standard InChI is InChI=1S/C17H15NO/c1-2-13-7-9-15(10-8-13)17-12-11-14-5-3-4-6-16(14)18(17)19/h3-12H,2H2,1H3. The zero-order valence-electron chi connectivity index (χ0n) is 10.8. The molecule has 1 heterocycles. The van der Waals surface area contributed by atoms with Crippen molar-refractivity contribution in [1.82, 2.24) is 0 Å². The third kappa shape index (κ3) is 2.06. The summed E-state index contributed by atoms with van der Waals surface area (Å²) in [7, 11) is 0. The van der Waals surface area contributed by atoms with Gasteiger partial charge in [-0.3, -0.25) is 0 Å². The molecule has 0 aliphatic heterocycles. The van der Waals surface area contributed by atoms with Crippen molar-refractivity contribution in [3.8, 4) is 11.3 Å². The maximum absolute atomic E-state index is 12.4. The van der Waals surface area contributed by atoms with E-state index in [9.17, 15) is 5.21 Å². The molecule has 0 saturated carbocycles. The van der Waals surface area contributed by atoms with E-state index in [1.165, 1.54) is 5.56 Å². The van der Waals surface area contributed by atoms with Gasteiger partial charge in [-0.15, -0.1) is 0 Å². The van der Waals surface area contributed by atoms with E-state index in [-0.39, 0.29) is 0 Å². The number of rotatable bonds is 2. The molecule has 2 aromatic carbocycles. The van der Waals surface area contributed by atoms with E-state index >= 15 is 0 Å². The van der Waals surface area contributed by atoms with Crippen LogP contribution in [0.15, 0.2) is 60.7 Å². The van der Waals surface area contributed by atoms with Crippen molar-refractivity contribution in [1.29, 1.82) is 0 Å². The second-order valence-corrected chi connectivity index (χ2v) is 4.62. The van der Waals surface area contributed by atoms with Crippen LogP contribution in [0.25, 0.3) is 22.2 Å². The molecule has 94 valence electrons. The summed E-state index contributed by atoms with van der Waals surface area (Å²) in [5, 5.41) is 13.4. The topological polar surface area (TPSA) is 26.9 Å². The first-order valence-corrected chi connectivity index (χ1v) is 6.50. The number of hydrogen-bond acceptors (Lipinski definition) is 1. The Morgan fingerprint density at radius 2 is 1.63 bits per heavy atom. The van der Waals surface area contributed by atoms with E-state index in [0.717, 1.165) is 22.1 Å². The smallest absolute Gasteiger partial charge is 0.224 e. The highest BCUT2D eigenvalue weighted by Crippen LogP contribution is 2.19. The highest BCUT2D eigenvalue weighted by molar-refractivity contribution is 5.77. The normalized spacial score (nSPS) is 10.8. The molecule has 0 fully saturated rings. The molecule has 2 heteroatoms. The van der Waals surface area contributed by atoms with Gasteiger partial charge in [-0.1, -0.05) is 31.2 Å². The number of pyridine rings is 1. The van der Waals surface area contributed by atoms with Crippen LogP contribution in [0, 0.1) is 5.21 Å². The van der Waals surface area contributed by atoms with E-state index in [4.69, 9.17) is 0 Å². The Kier molecular flexibility index (Phi) is 2.92. The van der Waals surface area contributed by atoms with Gasteiger partial charge in [0.15, 0.2) is 0 Å². The van der Waals surface area contributed by atoms with E-state index in [1.807, 2.05) is 48.5 Å². The van der Waals surface area contributed by atoms with Crippen molar-refractivity contribution < 1.29 is 4.73 Å². The summed E-state index contributed by atoms with van der Waals surface area (Å²) in [4.78, 5) is 0. The van der Waals surface area contributed by atoms with E-state index in [2.05, 4.69) is 19.1 Å². The van der Waals surface area contributed by atoms with Gasteiger partial charge < -0.3 is 5.21 Å². The number of benzene rings is 2. The molecule has 0 bridgehead atoms. The summed E-state index contributed by atoms with van der Waals surface area (Å²) >= 11 is 0. The highest BCUT2D eigenvalue weighted by atomic mass is 16.5. The van der Waals surface area contributed by atoms with Crippen molar-refractivity contribution in [2.45, 2.75) is 13.3 Å². The molecule has 0 atom stereocenters. The molecular weight excluding hydrogens is 234 g/mol. The lowest BCUT2D eigenvalue weighted by Crippen LogP contribution is -2.29. The van der Waals surface area contributed by atoms with E-state index in [0.29, 0.717) is 11.2 Å². The minimum atomic E-state index is 0.696. The van der Waals surface area contributed by atoms with Gasteiger partial charge in [-0.2, -0.15) is 4.73 Å². The van der Waals surface area contributed by atoms with Crippen LogP contribution >= 0.6 is 0 Å². The molecule has 19 heavy (non-hydrogen) atoms. The van der Waals surface area contributed by atoms with Gasteiger partial charge in [0.1, 0.15) is 0 Å². The third-order valence-corrected chi connectivity index (χ3v) is 3.45. The summed E-state index contributed by atoms with van der Waals surface area (Å²) in [5.41, 5.74) is 3.64. The largest absolute Gasteiger partial charge is 0.618 e. The van der Waals surface area contributed by atoms with Crippen LogP contribution in [0.3, 0.4) is 0 Å². The van der Waals surface area contributed by atoms with Gasteiger partial charge in [0, 0.05) is 23.1 Å². The van der Waals surface area contributed by atoms with E-state index in [1.54, 1.807) is 0 Å². The SMILES string of the molecule is CCc1ccc(-c2ccc3ccccc3[n+]2[O-])cc1. The van der Waals surface area contributed by atoms with Crippen LogP contribution in [-0.2, 0) is 6.42 Å². The number of aryl methyl sites for hydroxylation is 1. The van der Waals surface area contributed by atoms with Crippen LogP contribution in [-0.4, -0.2) is 0 Å². The van der Waals surface area contributed by atoms with Gasteiger partial charge in [-0.05, 0) is 36.2 Å². The summed E-state index contributed by atoms with van der Waals surface area (Å²) in [6.45, 7) is 2.12. The molecule has 0 unspecified atom stereocenters. The van der Waals surface area contributed by atoms with Crippen molar-refractivity contribution in [2.75, 3.05) is 0 Å². The van der Waals surface area contributed by atoms with Crippen molar-refractivity contribution >= 4 is 10.9 Å². The first-order chi connectivity index (χ1) is 9.29. The van der Waals surface area contributed by atoms with Crippen molar-refractivity contribution in [3.63, 3.8) is 0 Å². The van der Waals surface area contributed by atoms with Gasteiger partial charge in [0.05, 0.1) is 0 Å². The first kappa shape index (κ1) is 11.7. The summed E-state index contributed by atoms with van der Waals surface area (Å²) in [6, 6.07) is 19.7. The Morgan fingerprint density at radius 1 is 0.895 bits per heavy atom. The lowest BCUT2D eigenvalue weighted by atomic mass is 10.1. The molecule has 0 aliphatic carbocycles. The van der Waals surface area contributed by atoms with Crippen LogP contribution in [0.5, 0.6) is 0 Å². The lowest BCUT2D eigenvalue weighted by molar-refractivity contribution is -0.565. The second kappa shape index (κ2) is 4.73. The lowest BCUT2D eigenvalue weighted by Gasteiger charge is -2.08. The molecule has 3 rings (SSSR count). The van der Waals surface area contributed by atoms with Gasteiger partial charge >= 0.3 is 0 Å². The molecule has 3 aromatic rings. The van der Waals surface area contributed by atoms with Crippen molar-refractivity contribution in [3.05, 3.63) is 71.4 Å². The van der Waals surface area contributed by atoms with Gasteiger partial charge in [-0.25, -0.2) is 0 Å². The fourth-order valence-electron chi connectivity index (χ4n) is 2.30. The predicted molar refractivity (Wildman–Crippen MR) is 77.7 cm³/mol. The third-order valence-electron chi connectivity index (χ3n) is 3.45. The highest BCUT2D eigenvalue weighted by Gasteiger charge is 2.11. The maximum atomic E-state index is 12.4. The van der Waals surface area contributed by atoms with Gasteiger partial charge in [0.2, 0.25) is 11.2 Å². The molecule has 1 aromatic heterocycles. The summed E-state index contributed by atoms with van der Waals surface area (Å²) in [5.74, 6) is 0. The molecule has 2 nitrogen and oxygen atoms in total. The number of fused-ring (bicyclic) bond motifs is 1. The molecule has 0 radical (unpaired) electrons. The minimum absolute atomic E-state index is 0.696. The summed E-state index contributed by atoms with van der Waals surface area (Å²) in [6.07, 6.45) is 1.01. The zero-order valence-corrected chi connectivity index (χ0v) is 10.8. The van der Waals surface area contributed by atoms with Crippen LogP contribution in [0.1, 0.15) is 12.5 Å². The number of nitrogens with zero attached hydrogens (tertiary/aromatic N) is 1. The molecule has 0 amide bonds.